The van der Waals surface area contributed by atoms with Crippen molar-refractivity contribution in [3.05, 3.63) is 12.4 Å². The predicted octanol–water partition coefficient (Wildman–Crippen LogP) is -0.882. The monoisotopic (exact) mass is 161 g/mol. The van der Waals surface area contributed by atoms with Gasteiger partial charge in [-0.25, -0.2) is 0 Å². The first-order valence-electron chi connectivity index (χ1n) is 2.21. The smallest absolute Gasteiger partial charge is 0.282 e. The molecule has 6 nitrogen and oxygen atoms in total. The highest BCUT2D eigenvalue weighted by Gasteiger charge is 2.08. The third-order valence-electron chi connectivity index (χ3n) is 0.771. The Balaban J connectivity index is 3.22. The van der Waals surface area contributed by atoms with E-state index in [1.54, 1.807) is 0 Å². The van der Waals surface area contributed by atoms with Crippen molar-refractivity contribution in [1.29, 1.82) is 0 Å². The first-order valence-corrected chi connectivity index (χ1v) is 3.65. The molecular formula is C3H3N3O3S. The molecule has 1 N–H and O–H groups in total. The highest BCUT2D eigenvalue weighted by molar-refractivity contribution is 7.85. The van der Waals surface area contributed by atoms with Crippen molar-refractivity contribution in [2.24, 2.45) is 0 Å². The average molecular weight is 161 g/mol. The van der Waals surface area contributed by atoms with Gasteiger partial charge < -0.3 is 0 Å². The number of rotatable bonds is 1. The fourth-order valence-electron chi connectivity index (χ4n) is 0.362. The normalized spacial score (nSPS) is 11.3. The van der Waals surface area contributed by atoms with Crippen molar-refractivity contribution in [3.8, 4) is 0 Å². The second kappa shape index (κ2) is 2.27. The molecule has 0 aliphatic heterocycles. The van der Waals surface area contributed by atoms with Gasteiger partial charge in [0, 0.05) is 0 Å². The van der Waals surface area contributed by atoms with Crippen molar-refractivity contribution in [2.45, 2.75) is 4.90 Å². The van der Waals surface area contributed by atoms with Crippen LogP contribution in [-0.2, 0) is 10.1 Å². The number of hydrogen-bond donors (Lipinski definition) is 1. The summed E-state index contributed by atoms with van der Waals surface area (Å²) in [6, 6.07) is 0. The van der Waals surface area contributed by atoms with E-state index in [9.17, 15) is 8.42 Å². The Labute approximate surface area is 56.7 Å². The summed E-state index contributed by atoms with van der Waals surface area (Å²) in [5.74, 6) is 0. The van der Waals surface area contributed by atoms with Crippen LogP contribution in [0.1, 0.15) is 0 Å². The molecule has 0 aliphatic carbocycles. The van der Waals surface area contributed by atoms with E-state index >= 15 is 0 Å². The first kappa shape index (κ1) is 7.03. The van der Waals surface area contributed by atoms with Crippen molar-refractivity contribution >= 4 is 10.1 Å². The van der Waals surface area contributed by atoms with Gasteiger partial charge in [0.15, 0.2) is 0 Å². The minimum atomic E-state index is -4.17. The molecule has 1 heterocycles. The van der Waals surface area contributed by atoms with Crippen molar-refractivity contribution < 1.29 is 13.0 Å². The van der Waals surface area contributed by atoms with E-state index in [1.165, 1.54) is 0 Å². The van der Waals surface area contributed by atoms with Crippen molar-refractivity contribution in [1.82, 2.24) is 15.4 Å². The molecule has 0 bridgehead atoms. The Kier molecular flexibility index (Phi) is 1.60. The summed E-state index contributed by atoms with van der Waals surface area (Å²) < 4.78 is 28.9. The summed E-state index contributed by atoms with van der Waals surface area (Å²) >= 11 is 0. The number of hydrogen-bond acceptors (Lipinski definition) is 5. The quantitative estimate of drug-likeness (QED) is 0.537. The molecule has 0 aromatic carbocycles. The van der Waals surface area contributed by atoms with E-state index < -0.39 is 10.1 Å². The lowest BCUT2D eigenvalue weighted by atomic mass is 10.7. The fraction of sp³-hybridized carbons (Fsp3) is 0. The maximum atomic E-state index is 10.3. The van der Waals surface area contributed by atoms with Gasteiger partial charge in [0.2, 0.25) is 0 Å². The van der Waals surface area contributed by atoms with E-state index in [0.29, 0.717) is 0 Å². The molecule has 10 heavy (non-hydrogen) atoms. The summed E-state index contributed by atoms with van der Waals surface area (Å²) in [6.07, 6.45) is 1.81. The van der Waals surface area contributed by atoms with Gasteiger partial charge in [-0.05, 0) is 5.21 Å². The van der Waals surface area contributed by atoms with Crippen molar-refractivity contribution in [3.63, 3.8) is 0 Å². The van der Waals surface area contributed by atoms with E-state index in [1.807, 2.05) is 0 Å². The SMILES string of the molecule is O=S(=O)(O)c1cnnnc1. The fourth-order valence-corrected chi connectivity index (χ4v) is 0.722. The van der Waals surface area contributed by atoms with E-state index in [-0.39, 0.29) is 4.90 Å². The third kappa shape index (κ3) is 1.45. The predicted molar refractivity (Wildman–Crippen MR) is 29.6 cm³/mol. The van der Waals surface area contributed by atoms with Crippen LogP contribution in [0.25, 0.3) is 0 Å². The summed E-state index contributed by atoms with van der Waals surface area (Å²) in [6.45, 7) is 0. The summed E-state index contributed by atoms with van der Waals surface area (Å²) in [5.41, 5.74) is 0. The highest BCUT2D eigenvalue weighted by Crippen LogP contribution is 2.00. The second-order valence-corrected chi connectivity index (χ2v) is 2.88. The van der Waals surface area contributed by atoms with Gasteiger partial charge in [0.1, 0.15) is 4.90 Å². The van der Waals surface area contributed by atoms with Gasteiger partial charge in [-0.2, -0.15) is 8.42 Å². The average Bonchev–Trinajstić information content (AvgIpc) is 1.88. The highest BCUT2D eigenvalue weighted by atomic mass is 32.2. The van der Waals surface area contributed by atoms with Crippen LogP contribution in [0.5, 0.6) is 0 Å². The molecule has 1 aromatic rings. The van der Waals surface area contributed by atoms with Gasteiger partial charge >= 0.3 is 0 Å². The van der Waals surface area contributed by atoms with E-state index in [4.69, 9.17) is 4.55 Å². The lowest BCUT2D eigenvalue weighted by molar-refractivity contribution is 0.481. The zero-order chi connectivity index (χ0) is 7.61. The minimum Gasteiger partial charge on any atom is -0.282 e. The zero-order valence-corrected chi connectivity index (χ0v) is 5.48. The molecule has 0 saturated carbocycles. The molecule has 1 rings (SSSR count). The van der Waals surface area contributed by atoms with Crippen molar-refractivity contribution in [2.75, 3.05) is 0 Å². The third-order valence-corrected chi connectivity index (χ3v) is 1.58. The molecule has 54 valence electrons. The van der Waals surface area contributed by atoms with Crippen LogP contribution in [-0.4, -0.2) is 28.4 Å². The molecule has 0 unspecified atom stereocenters. The molecule has 0 aliphatic rings. The Bertz CT molecular complexity index is 307. The Morgan fingerprint density at radius 2 is 1.80 bits per heavy atom. The molecule has 0 radical (unpaired) electrons. The molecule has 0 atom stereocenters. The molecule has 0 saturated heterocycles. The number of nitrogens with zero attached hydrogens (tertiary/aromatic N) is 3. The number of aromatic nitrogens is 3. The molecule has 0 fully saturated rings. The standard InChI is InChI=1S/C3H3N3O3S/c7-10(8,9)3-1-4-6-5-2-3/h1-2H,(H,7,8,9). The van der Waals surface area contributed by atoms with Gasteiger partial charge in [-0.1, -0.05) is 0 Å². The van der Waals surface area contributed by atoms with E-state index in [2.05, 4.69) is 15.4 Å². The molecule has 7 heteroatoms. The maximum Gasteiger partial charge on any atom is 0.297 e. The lowest BCUT2D eigenvalue weighted by Gasteiger charge is -1.89. The largest absolute Gasteiger partial charge is 0.297 e. The van der Waals surface area contributed by atoms with E-state index in [0.717, 1.165) is 12.4 Å². The summed E-state index contributed by atoms with van der Waals surface area (Å²) in [4.78, 5) is -0.359. The van der Waals surface area contributed by atoms with Gasteiger partial charge in [0.25, 0.3) is 10.1 Å². The molecule has 0 amide bonds. The summed E-state index contributed by atoms with van der Waals surface area (Å²) in [5, 5.41) is 9.39. The van der Waals surface area contributed by atoms with Gasteiger partial charge in [-0.15, -0.1) is 10.2 Å². The van der Waals surface area contributed by atoms with Crippen LogP contribution in [0, 0.1) is 0 Å². The van der Waals surface area contributed by atoms with Crippen LogP contribution < -0.4 is 0 Å². The maximum absolute atomic E-state index is 10.3. The van der Waals surface area contributed by atoms with Gasteiger partial charge in [0.05, 0.1) is 12.4 Å². The summed E-state index contributed by atoms with van der Waals surface area (Å²) in [7, 11) is -4.17. The van der Waals surface area contributed by atoms with Crippen LogP contribution in [0.2, 0.25) is 0 Å². The Hall–Kier alpha value is -1.08. The molecular weight excluding hydrogens is 158 g/mol. The Morgan fingerprint density at radius 3 is 2.10 bits per heavy atom. The second-order valence-electron chi connectivity index (χ2n) is 1.46. The Morgan fingerprint density at radius 1 is 1.30 bits per heavy atom. The lowest BCUT2D eigenvalue weighted by Crippen LogP contribution is -2.00. The molecule has 1 aromatic heterocycles. The topological polar surface area (TPSA) is 93.0 Å². The van der Waals surface area contributed by atoms with Crippen LogP contribution in [0.4, 0.5) is 0 Å². The van der Waals surface area contributed by atoms with Gasteiger partial charge in [-0.3, -0.25) is 4.55 Å². The first-order chi connectivity index (χ1) is 4.61. The minimum absolute atomic E-state index is 0.359. The van der Waals surface area contributed by atoms with Crippen LogP contribution in [0.3, 0.4) is 0 Å². The van der Waals surface area contributed by atoms with Crippen LogP contribution >= 0.6 is 0 Å². The molecule has 0 spiro atoms. The zero-order valence-electron chi connectivity index (χ0n) is 4.67. The van der Waals surface area contributed by atoms with Crippen LogP contribution in [0.15, 0.2) is 17.3 Å².